The van der Waals surface area contributed by atoms with Gasteiger partial charge in [0.1, 0.15) is 0 Å². The number of piperazine rings is 1. The van der Waals surface area contributed by atoms with Gasteiger partial charge in [0.2, 0.25) is 0 Å². The number of benzene rings is 1. The number of nitrogens with one attached hydrogen (secondary N) is 1. The zero-order valence-corrected chi connectivity index (χ0v) is 16.8. The molecule has 0 unspecified atom stereocenters. The van der Waals surface area contributed by atoms with Gasteiger partial charge in [0.15, 0.2) is 0 Å². The van der Waals surface area contributed by atoms with Crippen molar-refractivity contribution in [1.29, 1.82) is 0 Å². The van der Waals surface area contributed by atoms with E-state index in [2.05, 4.69) is 15.5 Å². The highest BCUT2D eigenvalue weighted by atomic mass is 16.2. The fraction of sp³-hybridized carbons (Fsp3) is 0.350. The Kier molecular flexibility index (Phi) is 6.06. The predicted molar refractivity (Wildman–Crippen MR) is 108 cm³/mol. The van der Waals surface area contributed by atoms with Gasteiger partial charge >= 0.3 is 6.03 Å². The Hall–Kier alpha value is -3.49. The topological polar surface area (TPSA) is 98.7 Å². The number of anilines is 1. The van der Waals surface area contributed by atoms with Crippen molar-refractivity contribution >= 4 is 23.5 Å². The summed E-state index contributed by atoms with van der Waals surface area (Å²) in [5, 5.41) is 10.2. The van der Waals surface area contributed by atoms with E-state index < -0.39 is 0 Å². The molecule has 0 radical (unpaired) electrons. The van der Waals surface area contributed by atoms with Crippen LogP contribution in [0.15, 0.2) is 36.7 Å². The summed E-state index contributed by atoms with van der Waals surface area (Å²) in [6.07, 6.45) is 2.83. The molecule has 3 rings (SSSR count). The van der Waals surface area contributed by atoms with Gasteiger partial charge < -0.3 is 20.0 Å². The van der Waals surface area contributed by atoms with Crippen LogP contribution < -0.4 is 5.32 Å². The Labute approximate surface area is 169 Å². The lowest BCUT2D eigenvalue weighted by Crippen LogP contribution is -2.52. The standard InChI is InChI=1S/C20H24N6O3/c1-14-4-5-15(12-17(14)23-18(27)16-6-7-21-22-13-16)19(28)25-8-10-26(11-9-25)20(29)24(2)3/h4-7,12-13H,8-11H2,1-3H3,(H,23,27). The van der Waals surface area contributed by atoms with E-state index in [0.29, 0.717) is 43.0 Å². The Morgan fingerprint density at radius 1 is 0.966 bits per heavy atom. The smallest absolute Gasteiger partial charge is 0.319 e. The van der Waals surface area contributed by atoms with E-state index in [1.54, 1.807) is 48.2 Å². The van der Waals surface area contributed by atoms with Crippen molar-refractivity contribution in [2.75, 3.05) is 45.6 Å². The SMILES string of the molecule is Cc1ccc(C(=O)N2CCN(C(=O)N(C)C)CC2)cc1NC(=O)c1ccnnc1. The minimum atomic E-state index is -0.316. The molecule has 0 bridgehead atoms. The number of urea groups is 1. The summed E-state index contributed by atoms with van der Waals surface area (Å²) in [4.78, 5) is 42.3. The number of hydrogen-bond donors (Lipinski definition) is 1. The number of carbonyl (C=O) groups excluding carboxylic acids is 3. The summed E-state index contributed by atoms with van der Waals surface area (Å²) in [7, 11) is 3.42. The first kappa shape index (κ1) is 20.2. The van der Waals surface area contributed by atoms with Crippen LogP contribution in [0.1, 0.15) is 26.3 Å². The molecule has 1 fully saturated rings. The molecule has 2 aromatic rings. The molecule has 1 aromatic carbocycles. The molecule has 152 valence electrons. The zero-order valence-electron chi connectivity index (χ0n) is 16.8. The van der Waals surface area contributed by atoms with Gasteiger partial charge in [0.05, 0.1) is 18.0 Å². The molecule has 4 amide bonds. The summed E-state index contributed by atoms with van der Waals surface area (Å²) in [5.74, 6) is -0.438. The van der Waals surface area contributed by atoms with Crippen molar-refractivity contribution in [3.05, 3.63) is 53.3 Å². The van der Waals surface area contributed by atoms with E-state index in [1.165, 1.54) is 17.3 Å². The van der Waals surface area contributed by atoms with Gasteiger partial charge in [-0.1, -0.05) is 6.07 Å². The maximum absolute atomic E-state index is 12.9. The summed E-state index contributed by atoms with van der Waals surface area (Å²) >= 11 is 0. The molecule has 1 N–H and O–H groups in total. The average Bonchev–Trinajstić information content (AvgIpc) is 2.75. The van der Waals surface area contributed by atoms with Crippen molar-refractivity contribution in [2.45, 2.75) is 6.92 Å². The second-order valence-electron chi connectivity index (χ2n) is 7.07. The summed E-state index contributed by atoms with van der Waals surface area (Å²) in [6.45, 7) is 3.79. The number of carbonyl (C=O) groups is 3. The number of aromatic nitrogens is 2. The van der Waals surface area contributed by atoms with E-state index in [-0.39, 0.29) is 17.8 Å². The largest absolute Gasteiger partial charge is 0.335 e. The van der Waals surface area contributed by atoms with E-state index in [1.807, 2.05) is 6.92 Å². The normalized spacial score (nSPS) is 13.8. The van der Waals surface area contributed by atoms with Crippen molar-refractivity contribution < 1.29 is 14.4 Å². The summed E-state index contributed by atoms with van der Waals surface area (Å²) in [5.41, 5.74) is 2.29. The Morgan fingerprint density at radius 3 is 2.28 bits per heavy atom. The fourth-order valence-corrected chi connectivity index (χ4v) is 3.08. The van der Waals surface area contributed by atoms with Crippen LogP contribution in [0.5, 0.6) is 0 Å². The van der Waals surface area contributed by atoms with Gasteiger partial charge in [0, 0.05) is 51.5 Å². The van der Waals surface area contributed by atoms with Crippen molar-refractivity contribution in [3.63, 3.8) is 0 Å². The number of amides is 4. The van der Waals surface area contributed by atoms with E-state index in [0.717, 1.165) is 5.56 Å². The Morgan fingerprint density at radius 2 is 1.66 bits per heavy atom. The lowest BCUT2D eigenvalue weighted by Gasteiger charge is -2.36. The van der Waals surface area contributed by atoms with Crippen LogP contribution in [-0.4, -0.2) is 83.0 Å². The quantitative estimate of drug-likeness (QED) is 0.847. The second kappa shape index (κ2) is 8.68. The Balaban J connectivity index is 1.68. The zero-order chi connectivity index (χ0) is 21.0. The lowest BCUT2D eigenvalue weighted by atomic mass is 10.1. The van der Waals surface area contributed by atoms with Crippen LogP contribution in [-0.2, 0) is 0 Å². The molecule has 1 aliphatic rings. The Bertz CT molecular complexity index is 908. The van der Waals surface area contributed by atoms with E-state index in [4.69, 9.17) is 0 Å². The molecule has 1 aliphatic heterocycles. The molecule has 0 aliphatic carbocycles. The summed E-state index contributed by atoms with van der Waals surface area (Å²) < 4.78 is 0. The molecule has 0 spiro atoms. The first-order valence-electron chi connectivity index (χ1n) is 9.31. The van der Waals surface area contributed by atoms with Crippen molar-refractivity contribution in [3.8, 4) is 0 Å². The number of nitrogens with zero attached hydrogens (tertiary/aromatic N) is 5. The van der Waals surface area contributed by atoms with Crippen LogP contribution in [0.2, 0.25) is 0 Å². The third-order valence-corrected chi connectivity index (χ3v) is 4.80. The van der Waals surface area contributed by atoms with Crippen LogP contribution in [0.25, 0.3) is 0 Å². The number of aryl methyl sites for hydroxylation is 1. The third kappa shape index (κ3) is 4.68. The molecule has 1 saturated heterocycles. The molecular weight excluding hydrogens is 372 g/mol. The predicted octanol–water partition coefficient (Wildman–Crippen LogP) is 1.48. The molecule has 29 heavy (non-hydrogen) atoms. The fourth-order valence-electron chi connectivity index (χ4n) is 3.08. The minimum absolute atomic E-state index is 0.0527. The monoisotopic (exact) mass is 396 g/mol. The molecule has 9 nitrogen and oxygen atoms in total. The highest BCUT2D eigenvalue weighted by Gasteiger charge is 2.26. The highest BCUT2D eigenvalue weighted by Crippen LogP contribution is 2.20. The van der Waals surface area contributed by atoms with Gasteiger partial charge in [-0.25, -0.2) is 4.79 Å². The minimum Gasteiger partial charge on any atom is -0.335 e. The molecular formula is C20H24N6O3. The van der Waals surface area contributed by atoms with Gasteiger partial charge in [-0.05, 0) is 30.7 Å². The third-order valence-electron chi connectivity index (χ3n) is 4.80. The van der Waals surface area contributed by atoms with Crippen LogP contribution in [0.4, 0.5) is 10.5 Å². The van der Waals surface area contributed by atoms with Crippen LogP contribution >= 0.6 is 0 Å². The van der Waals surface area contributed by atoms with E-state index in [9.17, 15) is 14.4 Å². The molecule has 0 atom stereocenters. The van der Waals surface area contributed by atoms with Gasteiger partial charge in [0.25, 0.3) is 11.8 Å². The maximum atomic E-state index is 12.9. The first-order chi connectivity index (χ1) is 13.9. The summed E-state index contributed by atoms with van der Waals surface area (Å²) in [6, 6.07) is 6.75. The van der Waals surface area contributed by atoms with Crippen LogP contribution in [0, 0.1) is 6.92 Å². The number of hydrogen-bond acceptors (Lipinski definition) is 5. The molecule has 1 aromatic heterocycles. The van der Waals surface area contributed by atoms with Crippen molar-refractivity contribution in [1.82, 2.24) is 24.9 Å². The van der Waals surface area contributed by atoms with Gasteiger partial charge in [-0.2, -0.15) is 10.2 Å². The number of rotatable bonds is 3. The second-order valence-corrected chi connectivity index (χ2v) is 7.07. The average molecular weight is 396 g/mol. The van der Waals surface area contributed by atoms with Gasteiger partial charge in [-0.15, -0.1) is 0 Å². The van der Waals surface area contributed by atoms with E-state index >= 15 is 0 Å². The molecule has 9 heteroatoms. The van der Waals surface area contributed by atoms with Gasteiger partial charge in [-0.3, -0.25) is 9.59 Å². The maximum Gasteiger partial charge on any atom is 0.319 e. The molecule has 0 saturated carbocycles. The first-order valence-corrected chi connectivity index (χ1v) is 9.31. The highest BCUT2D eigenvalue weighted by molar-refractivity contribution is 6.05. The lowest BCUT2D eigenvalue weighted by molar-refractivity contribution is 0.0650. The molecule has 2 heterocycles. The van der Waals surface area contributed by atoms with Crippen LogP contribution in [0.3, 0.4) is 0 Å². The van der Waals surface area contributed by atoms with Crippen molar-refractivity contribution in [2.24, 2.45) is 0 Å².